The summed E-state index contributed by atoms with van der Waals surface area (Å²) in [6, 6.07) is 15.1. The summed E-state index contributed by atoms with van der Waals surface area (Å²) >= 11 is 0. The minimum Gasteiger partial charge on any atom is -0.350 e. The second kappa shape index (κ2) is 7.81. The van der Waals surface area contributed by atoms with Crippen molar-refractivity contribution in [1.29, 1.82) is 0 Å². The highest BCUT2D eigenvalue weighted by atomic mass is 16.6. The first-order valence-corrected chi connectivity index (χ1v) is 8.85. The number of nitro groups is 1. The number of hydrogen-bond donors (Lipinski definition) is 1. The van der Waals surface area contributed by atoms with E-state index in [0.29, 0.717) is 12.5 Å². The first-order chi connectivity index (χ1) is 12.4. The number of benzene rings is 2. The van der Waals surface area contributed by atoms with Gasteiger partial charge < -0.3 is 4.74 Å². The van der Waals surface area contributed by atoms with Gasteiger partial charge in [0.25, 0.3) is 5.69 Å². The van der Waals surface area contributed by atoms with Crippen LogP contribution in [0.2, 0.25) is 0 Å². The number of nitro benzene ring substituents is 1. The van der Waals surface area contributed by atoms with Crippen LogP contribution in [0.25, 0.3) is 6.08 Å². The monoisotopic (exact) mass is 352 g/mol. The Kier molecular flexibility index (Phi) is 5.49. The number of rotatable bonds is 5. The van der Waals surface area contributed by atoms with E-state index in [9.17, 15) is 10.1 Å². The van der Waals surface area contributed by atoms with Gasteiger partial charge in [-0.15, -0.1) is 0 Å². The summed E-state index contributed by atoms with van der Waals surface area (Å²) in [5, 5.41) is 14.1. The van der Waals surface area contributed by atoms with Crippen molar-refractivity contribution in [2.24, 2.45) is 0 Å². The minimum absolute atomic E-state index is 0.0946. The van der Waals surface area contributed by atoms with Gasteiger partial charge in [0.2, 0.25) is 0 Å². The van der Waals surface area contributed by atoms with Crippen LogP contribution in [0, 0.1) is 10.1 Å². The van der Waals surface area contributed by atoms with Gasteiger partial charge in [0.05, 0.1) is 11.0 Å². The molecule has 0 spiro atoms. The third kappa shape index (κ3) is 4.18. The Morgan fingerprint density at radius 3 is 2.42 bits per heavy atom. The molecule has 1 aliphatic rings. The van der Waals surface area contributed by atoms with E-state index in [2.05, 4.69) is 49.5 Å². The van der Waals surface area contributed by atoms with Crippen LogP contribution in [0.15, 0.2) is 54.1 Å². The molecule has 1 aliphatic heterocycles. The van der Waals surface area contributed by atoms with Crippen molar-refractivity contribution < 1.29 is 9.66 Å². The summed E-state index contributed by atoms with van der Waals surface area (Å²) in [7, 11) is 0. The van der Waals surface area contributed by atoms with Crippen LogP contribution >= 0.6 is 0 Å². The summed E-state index contributed by atoms with van der Waals surface area (Å²) in [6.07, 6.45) is 1.87. The van der Waals surface area contributed by atoms with Gasteiger partial charge in [0.1, 0.15) is 6.23 Å². The number of nitrogens with zero attached hydrogens (tertiary/aromatic N) is 1. The Balaban J connectivity index is 1.66. The second-order valence-corrected chi connectivity index (χ2v) is 6.97. The Hall–Kier alpha value is -2.50. The van der Waals surface area contributed by atoms with Crippen LogP contribution in [0.5, 0.6) is 0 Å². The molecule has 3 rings (SSSR count). The van der Waals surface area contributed by atoms with E-state index in [4.69, 9.17) is 4.74 Å². The maximum Gasteiger partial charge on any atom is 0.269 e. The van der Waals surface area contributed by atoms with E-state index in [1.165, 1.54) is 17.7 Å². The van der Waals surface area contributed by atoms with Crippen LogP contribution in [-0.2, 0) is 4.74 Å². The largest absolute Gasteiger partial charge is 0.350 e. The molecule has 1 N–H and O–H groups in total. The predicted molar refractivity (Wildman–Crippen MR) is 103 cm³/mol. The van der Waals surface area contributed by atoms with Crippen molar-refractivity contribution in [2.45, 2.75) is 39.0 Å². The normalized spacial score (nSPS) is 20.5. The van der Waals surface area contributed by atoms with Crippen molar-refractivity contribution in [1.82, 2.24) is 5.32 Å². The zero-order valence-corrected chi connectivity index (χ0v) is 15.3. The lowest BCUT2D eigenvalue weighted by atomic mass is 10.0. The van der Waals surface area contributed by atoms with Gasteiger partial charge >= 0.3 is 0 Å². The summed E-state index contributed by atoms with van der Waals surface area (Å²) in [5.74, 6) is 0.524. The SMILES string of the molecule is C/C(=C/c1ccc(C(C)C)cc1)C1NCC(c2ccc([N+](=O)[O-])cc2)O1. The van der Waals surface area contributed by atoms with Gasteiger partial charge in [-0.2, -0.15) is 0 Å². The van der Waals surface area contributed by atoms with Crippen LogP contribution in [0.1, 0.15) is 49.5 Å². The third-order valence-corrected chi connectivity index (χ3v) is 4.68. The number of nitrogens with one attached hydrogen (secondary N) is 1. The molecule has 0 aromatic heterocycles. The molecule has 0 aliphatic carbocycles. The number of hydrogen-bond acceptors (Lipinski definition) is 4. The number of non-ortho nitro benzene ring substituents is 1. The van der Waals surface area contributed by atoms with Crippen LogP contribution in [0.4, 0.5) is 5.69 Å². The molecular formula is C21H24N2O3. The van der Waals surface area contributed by atoms with Gasteiger partial charge in [-0.25, -0.2) is 0 Å². The van der Waals surface area contributed by atoms with Crippen molar-refractivity contribution in [3.8, 4) is 0 Å². The Labute approximate surface area is 153 Å². The lowest BCUT2D eigenvalue weighted by molar-refractivity contribution is -0.384. The Morgan fingerprint density at radius 2 is 1.85 bits per heavy atom. The molecule has 1 saturated heterocycles. The van der Waals surface area contributed by atoms with Crippen LogP contribution in [-0.4, -0.2) is 17.7 Å². The maximum atomic E-state index is 10.8. The topological polar surface area (TPSA) is 64.4 Å². The molecule has 5 heteroatoms. The third-order valence-electron chi connectivity index (χ3n) is 4.68. The standard InChI is InChI=1S/C21H24N2O3/c1-14(2)17-6-4-16(5-7-17)12-15(3)21-22-13-20(26-21)18-8-10-19(11-9-18)23(24)25/h4-12,14,20-22H,13H2,1-3H3/b15-12-. The predicted octanol–water partition coefficient (Wildman–Crippen LogP) is 4.81. The average molecular weight is 352 g/mol. The van der Waals surface area contributed by atoms with Crippen molar-refractivity contribution in [2.75, 3.05) is 6.54 Å². The van der Waals surface area contributed by atoms with Gasteiger partial charge in [-0.3, -0.25) is 15.4 Å². The average Bonchev–Trinajstić information content (AvgIpc) is 3.12. The van der Waals surface area contributed by atoms with E-state index in [1.807, 2.05) is 6.92 Å². The molecule has 2 atom stereocenters. The molecule has 2 unspecified atom stereocenters. The van der Waals surface area contributed by atoms with Gasteiger partial charge in [0, 0.05) is 18.7 Å². The first-order valence-electron chi connectivity index (χ1n) is 8.85. The molecule has 26 heavy (non-hydrogen) atoms. The first kappa shape index (κ1) is 18.3. The zero-order valence-electron chi connectivity index (χ0n) is 15.3. The molecular weight excluding hydrogens is 328 g/mol. The summed E-state index contributed by atoms with van der Waals surface area (Å²) in [6.45, 7) is 7.10. The summed E-state index contributed by atoms with van der Waals surface area (Å²) in [4.78, 5) is 10.4. The molecule has 0 radical (unpaired) electrons. The fourth-order valence-electron chi connectivity index (χ4n) is 3.07. The molecule has 1 heterocycles. The number of ether oxygens (including phenoxy) is 1. The van der Waals surface area contributed by atoms with Gasteiger partial charge in [-0.05, 0) is 47.2 Å². The Morgan fingerprint density at radius 1 is 1.19 bits per heavy atom. The van der Waals surface area contributed by atoms with Crippen LogP contribution in [0.3, 0.4) is 0 Å². The van der Waals surface area contributed by atoms with E-state index in [0.717, 1.165) is 16.7 Å². The molecule has 2 aromatic rings. The Bertz CT molecular complexity index is 795. The quantitative estimate of drug-likeness (QED) is 0.619. The highest BCUT2D eigenvalue weighted by Crippen LogP contribution is 2.28. The zero-order chi connectivity index (χ0) is 18.7. The van der Waals surface area contributed by atoms with E-state index in [1.54, 1.807) is 12.1 Å². The molecule has 5 nitrogen and oxygen atoms in total. The highest BCUT2D eigenvalue weighted by Gasteiger charge is 2.27. The van der Waals surface area contributed by atoms with E-state index < -0.39 is 4.92 Å². The summed E-state index contributed by atoms with van der Waals surface area (Å²) < 4.78 is 6.09. The molecule has 136 valence electrons. The van der Waals surface area contributed by atoms with E-state index in [-0.39, 0.29) is 18.0 Å². The second-order valence-electron chi connectivity index (χ2n) is 6.97. The lowest BCUT2D eigenvalue weighted by Gasteiger charge is -2.14. The van der Waals surface area contributed by atoms with Crippen LogP contribution < -0.4 is 5.32 Å². The fraction of sp³-hybridized carbons (Fsp3) is 0.333. The molecule has 1 fully saturated rings. The highest BCUT2D eigenvalue weighted by molar-refractivity contribution is 5.54. The van der Waals surface area contributed by atoms with Gasteiger partial charge in [-0.1, -0.05) is 44.2 Å². The lowest BCUT2D eigenvalue weighted by Crippen LogP contribution is -2.23. The van der Waals surface area contributed by atoms with Gasteiger partial charge in [0.15, 0.2) is 0 Å². The molecule has 2 aromatic carbocycles. The van der Waals surface area contributed by atoms with Crippen molar-refractivity contribution >= 4 is 11.8 Å². The molecule has 0 amide bonds. The molecule has 0 bridgehead atoms. The maximum absolute atomic E-state index is 10.8. The van der Waals surface area contributed by atoms with E-state index >= 15 is 0 Å². The smallest absolute Gasteiger partial charge is 0.269 e. The fourth-order valence-corrected chi connectivity index (χ4v) is 3.07. The summed E-state index contributed by atoms with van der Waals surface area (Å²) in [5.41, 5.74) is 4.62. The van der Waals surface area contributed by atoms with Crippen molar-refractivity contribution in [3.05, 3.63) is 80.9 Å². The minimum atomic E-state index is -0.391. The van der Waals surface area contributed by atoms with Crippen molar-refractivity contribution in [3.63, 3.8) is 0 Å². The molecule has 0 saturated carbocycles.